The maximum atomic E-state index is 13.0. The molecular formula is C35H41N5O9. The Morgan fingerprint density at radius 1 is 0.592 bits per heavy atom. The van der Waals surface area contributed by atoms with Crippen molar-refractivity contribution in [3.63, 3.8) is 0 Å². The molecule has 0 spiro atoms. The van der Waals surface area contributed by atoms with Gasteiger partial charge in [0.25, 0.3) is 0 Å². The highest BCUT2D eigenvalue weighted by Crippen LogP contribution is 2.13. The third-order valence-corrected chi connectivity index (χ3v) is 6.82. The molecule has 5 N–H and O–H groups in total. The smallest absolute Gasteiger partial charge is 0.407 e. The van der Waals surface area contributed by atoms with Crippen LogP contribution >= 0.6 is 0 Å². The van der Waals surface area contributed by atoms with Gasteiger partial charge in [-0.15, -0.1) is 0 Å². The fourth-order valence-corrected chi connectivity index (χ4v) is 4.08. The molecule has 0 radical (unpaired) electrons. The lowest BCUT2D eigenvalue weighted by Gasteiger charge is -2.23. The van der Waals surface area contributed by atoms with E-state index in [0.29, 0.717) is 0 Å². The first-order valence-corrected chi connectivity index (χ1v) is 15.5. The lowest BCUT2D eigenvalue weighted by Crippen LogP contribution is -2.52. The summed E-state index contributed by atoms with van der Waals surface area (Å²) in [5, 5.41) is 12.2. The summed E-state index contributed by atoms with van der Waals surface area (Å²) < 4.78 is 15.8. The van der Waals surface area contributed by atoms with Crippen molar-refractivity contribution in [2.45, 2.75) is 45.1 Å². The molecule has 0 fully saturated rings. The molecule has 0 aliphatic carbocycles. The van der Waals surface area contributed by atoms with E-state index in [1.165, 1.54) is 13.8 Å². The third kappa shape index (κ3) is 14.7. The highest BCUT2D eigenvalue weighted by Gasteiger charge is 2.31. The molecular weight excluding hydrogens is 634 g/mol. The lowest BCUT2D eigenvalue weighted by molar-refractivity contribution is -0.171. The Bertz CT molecular complexity index is 1540. The van der Waals surface area contributed by atoms with E-state index in [1.807, 2.05) is 36.4 Å². The predicted molar refractivity (Wildman–Crippen MR) is 177 cm³/mol. The van der Waals surface area contributed by atoms with Crippen molar-refractivity contribution in [1.29, 1.82) is 0 Å². The molecule has 14 heteroatoms. The van der Waals surface area contributed by atoms with Crippen molar-refractivity contribution >= 4 is 35.7 Å². The Balaban J connectivity index is 1.40. The van der Waals surface area contributed by atoms with Crippen molar-refractivity contribution in [3.05, 3.63) is 108 Å². The number of benzene rings is 3. The van der Waals surface area contributed by atoms with Gasteiger partial charge in [-0.3, -0.25) is 19.2 Å². The van der Waals surface area contributed by atoms with Crippen LogP contribution in [0.1, 0.15) is 30.5 Å². The second-order valence-electron chi connectivity index (χ2n) is 11.2. The van der Waals surface area contributed by atoms with E-state index in [9.17, 15) is 28.8 Å². The molecule has 14 nitrogen and oxygen atoms in total. The van der Waals surface area contributed by atoms with Crippen LogP contribution in [0.4, 0.5) is 4.79 Å². The maximum absolute atomic E-state index is 13.0. The predicted octanol–water partition coefficient (Wildman–Crippen LogP) is 1.49. The summed E-state index contributed by atoms with van der Waals surface area (Å²) in [5.74, 6) is -3.19. The molecule has 0 bridgehead atoms. The molecule has 0 unspecified atom stereocenters. The monoisotopic (exact) mass is 675 g/mol. The largest absolute Gasteiger partial charge is 0.459 e. The van der Waals surface area contributed by atoms with Gasteiger partial charge in [-0.05, 0) is 30.5 Å². The first-order valence-electron chi connectivity index (χ1n) is 15.5. The minimum absolute atomic E-state index is 0.0290. The summed E-state index contributed by atoms with van der Waals surface area (Å²) in [5.41, 5.74) is 0.978. The van der Waals surface area contributed by atoms with Gasteiger partial charge in [0.15, 0.2) is 5.60 Å². The summed E-state index contributed by atoms with van der Waals surface area (Å²) in [6.07, 6.45) is -0.700. The lowest BCUT2D eigenvalue weighted by atomic mass is 10.1. The summed E-state index contributed by atoms with van der Waals surface area (Å²) >= 11 is 0. The van der Waals surface area contributed by atoms with Crippen molar-refractivity contribution < 1.29 is 43.0 Å². The Morgan fingerprint density at radius 3 is 1.67 bits per heavy atom. The topological polar surface area (TPSA) is 190 Å². The molecule has 3 aromatic carbocycles. The molecule has 49 heavy (non-hydrogen) atoms. The second kappa shape index (κ2) is 19.8. The number of rotatable bonds is 18. The van der Waals surface area contributed by atoms with Gasteiger partial charge in [0.1, 0.15) is 32.5 Å². The van der Waals surface area contributed by atoms with Crippen molar-refractivity contribution in [1.82, 2.24) is 26.6 Å². The van der Waals surface area contributed by atoms with Crippen LogP contribution in [0.5, 0.6) is 0 Å². The average molecular weight is 676 g/mol. The molecule has 260 valence electrons. The molecule has 3 aromatic rings. The Kier molecular flexibility index (Phi) is 15.2. The maximum Gasteiger partial charge on any atom is 0.407 e. The number of carbonyl (C=O) groups excluding carboxylic acids is 6. The summed E-state index contributed by atoms with van der Waals surface area (Å²) in [6, 6.07) is 25.9. The van der Waals surface area contributed by atoms with Crippen LogP contribution < -0.4 is 26.6 Å². The number of nitrogens with one attached hydrogen (secondary N) is 5. The van der Waals surface area contributed by atoms with E-state index >= 15 is 0 Å². The van der Waals surface area contributed by atoms with Gasteiger partial charge in [-0.25, -0.2) is 9.59 Å². The van der Waals surface area contributed by atoms with E-state index < -0.39 is 67.0 Å². The van der Waals surface area contributed by atoms with E-state index in [0.717, 1.165) is 16.7 Å². The van der Waals surface area contributed by atoms with Crippen molar-refractivity contribution in [2.75, 3.05) is 26.4 Å². The van der Waals surface area contributed by atoms with Gasteiger partial charge in [-0.1, -0.05) is 91.0 Å². The van der Waals surface area contributed by atoms with E-state index in [-0.39, 0.29) is 26.4 Å². The molecule has 3 rings (SSSR count). The minimum atomic E-state index is -1.35. The molecule has 0 aromatic heterocycles. The highest BCUT2D eigenvalue weighted by atomic mass is 16.6. The molecule has 1 atom stereocenters. The van der Waals surface area contributed by atoms with Crippen LogP contribution in [0.15, 0.2) is 91.0 Å². The number of esters is 1. The fraction of sp³-hybridized carbons (Fsp3) is 0.314. The van der Waals surface area contributed by atoms with Gasteiger partial charge in [0.2, 0.25) is 23.6 Å². The molecule has 0 heterocycles. The first-order chi connectivity index (χ1) is 23.5. The van der Waals surface area contributed by atoms with Crippen molar-refractivity contribution in [2.24, 2.45) is 0 Å². The SMILES string of the molecule is CC(C)(OCNC(=O)CNC(=O)[C@H](Cc1ccccc1)NC(=O)CNC(=O)CNC(=O)OCc1ccccc1)C(=O)OCc1ccccc1. The van der Waals surface area contributed by atoms with Gasteiger partial charge in [0.05, 0.1) is 13.1 Å². The Morgan fingerprint density at radius 2 is 1.08 bits per heavy atom. The molecule has 0 saturated carbocycles. The van der Waals surface area contributed by atoms with Gasteiger partial charge in [0, 0.05) is 6.42 Å². The Labute approximate surface area is 284 Å². The average Bonchev–Trinajstić information content (AvgIpc) is 3.11. The number of ether oxygens (including phenoxy) is 3. The third-order valence-electron chi connectivity index (χ3n) is 6.82. The molecule has 0 aliphatic rings. The van der Waals surface area contributed by atoms with Crippen molar-refractivity contribution in [3.8, 4) is 0 Å². The number of alkyl carbamates (subject to hydrolysis) is 1. The summed E-state index contributed by atoms with van der Waals surface area (Å²) in [6.45, 7) is 1.44. The zero-order valence-electron chi connectivity index (χ0n) is 27.4. The van der Waals surface area contributed by atoms with Gasteiger partial charge in [-0.2, -0.15) is 0 Å². The van der Waals surface area contributed by atoms with Gasteiger partial charge >= 0.3 is 12.1 Å². The van der Waals surface area contributed by atoms with Gasteiger partial charge < -0.3 is 40.8 Å². The van der Waals surface area contributed by atoms with Crippen LogP contribution in [0.3, 0.4) is 0 Å². The highest BCUT2D eigenvalue weighted by molar-refractivity contribution is 5.92. The normalized spacial score (nSPS) is 11.3. The van der Waals surface area contributed by atoms with E-state index in [4.69, 9.17) is 14.2 Å². The second-order valence-corrected chi connectivity index (χ2v) is 11.2. The molecule has 5 amide bonds. The fourth-order valence-electron chi connectivity index (χ4n) is 4.08. The summed E-state index contributed by atoms with van der Waals surface area (Å²) in [7, 11) is 0. The van der Waals surface area contributed by atoms with Crippen LogP contribution in [-0.2, 0) is 57.8 Å². The zero-order valence-corrected chi connectivity index (χ0v) is 27.4. The molecule has 0 saturated heterocycles. The first kappa shape index (κ1) is 37.7. The van der Waals surface area contributed by atoms with E-state index in [1.54, 1.807) is 54.6 Å². The number of carbonyl (C=O) groups is 6. The number of hydrogen-bond donors (Lipinski definition) is 5. The van der Waals surface area contributed by atoms with E-state index in [2.05, 4.69) is 26.6 Å². The minimum Gasteiger partial charge on any atom is -0.459 e. The summed E-state index contributed by atoms with van der Waals surface area (Å²) in [4.78, 5) is 74.6. The van der Waals surface area contributed by atoms with Crippen LogP contribution in [-0.4, -0.2) is 73.7 Å². The quantitative estimate of drug-likeness (QED) is 0.0983. The number of amides is 5. The number of hydrogen-bond acceptors (Lipinski definition) is 9. The van der Waals surface area contributed by atoms with Crippen LogP contribution in [0.2, 0.25) is 0 Å². The van der Waals surface area contributed by atoms with Crippen LogP contribution in [0.25, 0.3) is 0 Å². The van der Waals surface area contributed by atoms with Crippen LogP contribution in [0, 0.1) is 0 Å². The molecule has 0 aliphatic heterocycles. The zero-order chi connectivity index (χ0) is 35.5. The standard InChI is InChI=1S/C35H41N5O9/c1-35(2,33(45)47-22-26-14-8-4-9-15-26)49-24-39-30(42)19-37-32(44)28(18-25-12-6-3-7-13-25)40-31(43)21-36-29(41)20-38-34(46)48-23-27-16-10-5-11-17-27/h3-17,28H,18-24H2,1-2H3,(H,36,41)(H,37,44)(H,38,46)(H,39,42)(H,40,43)/t28-/m0/s1. The Hall–Kier alpha value is -5.76.